The molecule has 1 N–H and O–H groups in total. The minimum absolute atomic E-state index is 0.178. The SMILES string of the molecule is CC(O)C(C)(C)C(C)(C)C(C)(C)OCc1ccccc1. The molecule has 0 aliphatic carbocycles. The van der Waals surface area contributed by atoms with Crippen molar-refractivity contribution in [2.75, 3.05) is 0 Å². The van der Waals surface area contributed by atoms with Crippen molar-refractivity contribution in [3.05, 3.63) is 35.9 Å². The summed E-state index contributed by atoms with van der Waals surface area (Å²) in [5.41, 5.74) is 0.408. The summed E-state index contributed by atoms with van der Waals surface area (Å²) in [5, 5.41) is 10.1. The predicted molar refractivity (Wildman–Crippen MR) is 84.6 cm³/mol. The molecule has 2 nitrogen and oxygen atoms in total. The second kappa shape index (κ2) is 5.87. The molecule has 0 spiro atoms. The van der Waals surface area contributed by atoms with Gasteiger partial charge in [0.2, 0.25) is 0 Å². The van der Waals surface area contributed by atoms with Gasteiger partial charge in [0.15, 0.2) is 0 Å². The third-order valence-corrected chi connectivity index (χ3v) is 5.60. The van der Waals surface area contributed by atoms with Crippen LogP contribution in [0.3, 0.4) is 0 Å². The number of ether oxygens (including phenoxy) is 1. The number of benzene rings is 1. The molecule has 0 aliphatic rings. The van der Waals surface area contributed by atoms with Crippen molar-refractivity contribution in [1.82, 2.24) is 0 Å². The van der Waals surface area contributed by atoms with Crippen molar-refractivity contribution < 1.29 is 9.84 Å². The summed E-state index contributed by atoms with van der Waals surface area (Å²) >= 11 is 0. The van der Waals surface area contributed by atoms with Crippen LogP contribution in [0.15, 0.2) is 30.3 Å². The van der Waals surface area contributed by atoms with Gasteiger partial charge in [-0.15, -0.1) is 0 Å². The van der Waals surface area contributed by atoms with Crippen molar-refractivity contribution in [1.29, 1.82) is 0 Å². The Kier molecular flexibility index (Phi) is 5.04. The van der Waals surface area contributed by atoms with Crippen LogP contribution in [0, 0.1) is 10.8 Å². The van der Waals surface area contributed by atoms with Gasteiger partial charge in [-0.2, -0.15) is 0 Å². The first-order chi connectivity index (χ1) is 9.02. The van der Waals surface area contributed by atoms with Crippen LogP contribution in [-0.2, 0) is 11.3 Å². The Balaban J connectivity index is 2.87. The quantitative estimate of drug-likeness (QED) is 0.835. The molecule has 2 heteroatoms. The highest BCUT2D eigenvalue weighted by molar-refractivity contribution is 5.13. The third-order valence-electron chi connectivity index (χ3n) is 5.60. The van der Waals surface area contributed by atoms with Crippen LogP contribution < -0.4 is 0 Å². The Bertz CT molecular complexity index is 416. The van der Waals surface area contributed by atoms with E-state index in [-0.39, 0.29) is 16.4 Å². The predicted octanol–water partition coefficient (Wildman–Crippen LogP) is 4.42. The number of aliphatic hydroxyl groups is 1. The highest BCUT2D eigenvalue weighted by atomic mass is 16.5. The molecule has 1 atom stereocenters. The van der Waals surface area contributed by atoms with Gasteiger partial charge in [0.25, 0.3) is 0 Å². The molecular weight excluding hydrogens is 248 g/mol. The van der Waals surface area contributed by atoms with Crippen molar-refractivity contribution in [2.24, 2.45) is 10.8 Å². The van der Waals surface area contributed by atoms with E-state index in [1.807, 2.05) is 25.1 Å². The molecule has 20 heavy (non-hydrogen) atoms. The summed E-state index contributed by atoms with van der Waals surface area (Å²) in [6, 6.07) is 10.2. The van der Waals surface area contributed by atoms with E-state index in [9.17, 15) is 5.11 Å². The molecule has 114 valence electrons. The fraction of sp³-hybridized carbons (Fsp3) is 0.667. The maximum absolute atomic E-state index is 10.1. The number of hydrogen-bond acceptors (Lipinski definition) is 2. The maximum atomic E-state index is 10.1. The van der Waals surface area contributed by atoms with E-state index in [1.54, 1.807) is 0 Å². The van der Waals surface area contributed by atoms with Gasteiger partial charge in [-0.25, -0.2) is 0 Å². The van der Waals surface area contributed by atoms with Crippen LogP contribution in [0.25, 0.3) is 0 Å². The molecule has 1 unspecified atom stereocenters. The lowest BCUT2D eigenvalue weighted by Gasteiger charge is -2.53. The smallest absolute Gasteiger partial charge is 0.0724 e. The molecule has 0 amide bonds. The van der Waals surface area contributed by atoms with Crippen molar-refractivity contribution in [3.63, 3.8) is 0 Å². The molecule has 1 aromatic rings. The second-order valence-electron chi connectivity index (χ2n) is 7.31. The molecule has 0 fully saturated rings. The van der Waals surface area contributed by atoms with Crippen molar-refractivity contribution in [2.45, 2.75) is 66.8 Å². The molecule has 1 aromatic carbocycles. The van der Waals surface area contributed by atoms with Gasteiger partial charge in [0.05, 0.1) is 18.3 Å². The number of aliphatic hydroxyl groups excluding tert-OH is 1. The summed E-state index contributed by atoms with van der Waals surface area (Å²) in [6.45, 7) is 15.2. The molecule has 0 saturated heterocycles. The molecule has 0 radical (unpaired) electrons. The molecule has 1 rings (SSSR count). The molecule has 0 saturated carbocycles. The minimum Gasteiger partial charge on any atom is -0.393 e. The summed E-state index contributed by atoms with van der Waals surface area (Å²) in [7, 11) is 0. The standard InChI is InChI=1S/C18H30O2/c1-14(19)16(2,3)17(4,5)18(6,7)20-13-15-11-9-8-10-12-15/h8-12,14,19H,13H2,1-7H3. The maximum Gasteiger partial charge on any atom is 0.0724 e. The van der Waals surface area contributed by atoms with Gasteiger partial charge in [-0.1, -0.05) is 58.0 Å². The van der Waals surface area contributed by atoms with Crippen LogP contribution in [0.2, 0.25) is 0 Å². The normalized spacial score (nSPS) is 15.2. The largest absolute Gasteiger partial charge is 0.393 e. The first-order valence-corrected chi connectivity index (χ1v) is 7.38. The minimum atomic E-state index is -0.392. The Morgan fingerprint density at radius 2 is 1.50 bits per heavy atom. The Labute approximate surface area is 124 Å². The number of hydrogen-bond donors (Lipinski definition) is 1. The fourth-order valence-corrected chi connectivity index (χ4v) is 2.32. The lowest BCUT2D eigenvalue weighted by molar-refractivity contribution is -0.175. The average Bonchev–Trinajstić information content (AvgIpc) is 2.37. The second-order valence-corrected chi connectivity index (χ2v) is 7.31. The van der Waals surface area contributed by atoms with Crippen LogP contribution in [0.5, 0.6) is 0 Å². The highest BCUT2D eigenvalue weighted by Gasteiger charge is 2.50. The highest BCUT2D eigenvalue weighted by Crippen LogP contribution is 2.50. The third kappa shape index (κ3) is 3.24. The van der Waals surface area contributed by atoms with Gasteiger partial charge in [0, 0.05) is 5.41 Å². The van der Waals surface area contributed by atoms with E-state index in [4.69, 9.17) is 4.74 Å². The molecule has 0 aliphatic heterocycles. The van der Waals surface area contributed by atoms with Crippen LogP contribution in [-0.4, -0.2) is 16.8 Å². The number of rotatable bonds is 6. The zero-order valence-corrected chi connectivity index (χ0v) is 14.0. The fourth-order valence-electron chi connectivity index (χ4n) is 2.32. The lowest BCUT2D eigenvalue weighted by atomic mass is 9.58. The first-order valence-electron chi connectivity index (χ1n) is 7.38. The molecule has 0 bridgehead atoms. The summed E-state index contributed by atoms with van der Waals surface area (Å²) in [5.74, 6) is 0. The summed E-state index contributed by atoms with van der Waals surface area (Å²) in [6.07, 6.45) is -0.392. The van der Waals surface area contributed by atoms with Crippen LogP contribution in [0.4, 0.5) is 0 Å². The van der Waals surface area contributed by atoms with E-state index < -0.39 is 6.10 Å². The van der Waals surface area contributed by atoms with E-state index >= 15 is 0 Å². The van der Waals surface area contributed by atoms with Gasteiger partial charge >= 0.3 is 0 Å². The molecule has 0 aromatic heterocycles. The van der Waals surface area contributed by atoms with Gasteiger partial charge in [-0.05, 0) is 31.7 Å². The molecular formula is C18H30O2. The Morgan fingerprint density at radius 1 is 1.00 bits per heavy atom. The van der Waals surface area contributed by atoms with E-state index in [1.165, 1.54) is 5.56 Å². The van der Waals surface area contributed by atoms with Gasteiger partial charge < -0.3 is 9.84 Å². The van der Waals surface area contributed by atoms with E-state index in [0.717, 1.165) is 0 Å². The first kappa shape index (κ1) is 17.2. The monoisotopic (exact) mass is 278 g/mol. The lowest BCUT2D eigenvalue weighted by Crippen LogP contribution is -2.54. The summed E-state index contributed by atoms with van der Waals surface area (Å²) in [4.78, 5) is 0. The Hall–Kier alpha value is -0.860. The van der Waals surface area contributed by atoms with E-state index in [2.05, 4.69) is 53.7 Å². The zero-order chi connectivity index (χ0) is 15.6. The van der Waals surface area contributed by atoms with Crippen LogP contribution in [0.1, 0.15) is 54.0 Å². The van der Waals surface area contributed by atoms with Gasteiger partial charge in [-0.3, -0.25) is 0 Å². The molecule has 0 heterocycles. The average molecular weight is 278 g/mol. The van der Waals surface area contributed by atoms with Crippen LogP contribution >= 0.6 is 0 Å². The Morgan fingerprint density at radius 3 is 1.95 bits per heavy atom. The van der Waals surface area contributed by atoms with E-state index in [0.29, 0.717) is 6.61 Å². The topological polar surface area (TPSA) is 29.5 Å². The van der Waals surface area contributed by atoms with Crippen molar-refractivity contribution >= 4 is 0 Å². The van der Waals surface area contributed by atoms with Crippen molar-refractivity contribution in [3.8, 4) is 0 Å². The zero-order valence-electron chi connectivity index (χ0n) is 14.0. The summed E-state index contributed by atoms with van der Waals surface area (Å²) < 4.78 is 6.21. The van der Waals surface area contributed by atoms with Gasteiger partial charge in [0.1, 0.15) is 0 Å².